The summed E-state index contributed by atoms with van der Waals surface area (Å²) < 4.78 is 0. The Hall–Kier alpha value is -3.09. The van der Waals surface area contributed by atoms with E-state index in [0.717, 1.165) is 12.8 Å². The molecule has 8 N–H and O–H groups in total. The first-order valence-electron chi connectivity index (χ1n) is 10.1. The smallest absolute Gasteiger partial charge is 0.185 e. The van der Waals surface area contributed by atoms with Gasteiger partial charge < -0.3 is 27.4 Å². The molecule has 2 aromatic carbocycles. The summed E-state index contributed by atoms with van der Waals surface area (Å²) in [5, 5.41) is 21.1. The summed E-state index contributed by atoms with van der Waals surface area (Å²) in [7, 11) is 0. The molecular formula is C24H31N3O3. The second-order valence-electron chi connectivity index (χ2n) is 7.18. The third-order valence-corrected chi connectivity index (χ3v) is 4.96. The van der Waals surface area contributed by atoms with Crippen LogP contribution in [-0.2, 0) is 0 Å². The quantitative estimate of drug-likeness (QED) is 0.241. The van der Waals surface area contributed by atoms with Crippen LogP contribution < -0.4 is 17.2 Å². The van der Waals surface area contributed by atoms with Crippen molar-refractivity contribution >= 4 is 23.6 Å². The lowest BCUT2D eigenvalue weighted by Crippen LogP contribution is -2.31. The zero-order valence-electron chi connectivity index (χ0n) is 17.6. The van der Waals surface area contributed by atoms with E-state index in [1.165, 1.54) is 0 Å². The minimum absolute atomic E-state index is 0.0292. The van der Waals surface area contributed by atoms with Crippen LogP contribution in [0.4, 0.5) is 5.69 Å². The maximum Gasteiger partial charge on any atom is 0.185 e. The second-order valence-corrected chi connectivity index (χ2v) is 7.18. The number of nitrogens with two attached hydrogens (primary N) is 3. The molecule has 0 amide bonds. The van der Waals surface area contributed by atoms with Crippen molar-refractivity contribution < 1.29 is 15.0 Å². The van der Waals surface area contributed by atoms with Gasteiger partial charge >= 0.3 is 0 Å². The van der Waals surface area contributed by atoms with E-state index in [1.54, 1.807) is 36.4 Å². The highest BCUT2D eigenvalue weighted by molar-refractivity contribution is 6.09. The van der Waals surface area contributed by atoms with Crippen molar-refractivity contribution in [3.05, 3.63) is 53.1 Å². The van der Waals surface area contributed by atoms with Gasteiger partial charge in [-0.05, 0) is 62.6 Å². The summed E-state index contributed by atoms with van der Waals surface area (Å²) in [6.07, 6.45) is 9.11. The monoisotopic (exact) mass is 409 g/mol. The van der Waals surface area contributed by atoms with E-state index in [-0.39, 0.29) is 22.7 Å². The highest BCUT2D eigenvalue weighted by atomic mass is 16.3. The molecule has 0 saturated heterocycles. The van der Waals surface area contributed by atoms with Crippen LogP contribution in [0.5, 0.6) is 11.5 Å². The number of Topliss-reactive ketones (excluding diaryl/α,β-unsaturated/α-hetero) is 1. The zero-order chi connectivity index (χ0) is 22.3. The second kappa shape index (κ2) is 10.6. The van der Waals surface area contributed by atoms with Gasteiger partial charge in [0.1, 0.15) is 11.5 Å². The number of nitrogen functional groups attached to an aromatic ring is 1. The Labute approximate surface area is 177 Å². The molecular weight excluding hydrogens is 378 g/mol. The molecule has 0 aromatic heterocycles. The van der Waals surface area contributed by atoms with Crippen LogP contribution in [0.25, 0.3) is 23.3 Å². The molecule has 0 saturated carbocycles. The number of unbranched alkanes of at least 4 members (excludes halogenated alkanes) is 1. The first-order chi connectivity index (χ1) is 14.3. The molecule has 0 aliphatic carbocycles. The van der Waals surface area contributed by atoms with Crippen LogP contribution in [0.2, 0.25) is 0 Å². The molecule has 0 unspecified atom stereocenters. The van der Waals surface area contributed by atoms with Gasteiger partial charge in [0.15, 0.2) is 5.78 Å². The van der Waals surface area contributed by atoms with Crippen LogP contribution >= 0.6 is 0 Å². The van der Waals surface area contributed by atoms with E-state index in [1.807, 2.05) is 26.0 Å². The largest absolute Gasteiger partial charge is 0.507 e. The highest BCUT2D eigenvalue weighted by Crippen LogP contribution is 2.40. The summed E-state index contributed by atoms with van der Waals surface area (Å²) in [5.41, 5.74) is 20.4. The number of carbonyl (C=O) groups is 1. The summed E-state index contributed by atoms with van der Waals surface area (Å²) >= 11 is 0. The molecule has 2 rings (SSSR count). The van der Waals surface area contributed by atoms with Gasteiger partial charge in [-0.25, -0.2) is 0 Å². The fourth-order valence-electron chi connectivity index (χ4n) is 3.36. The maximum absolute atomic E-state index is 13.1. The Balaban J connectivity index is 2.63. The lowest BCUT2D eigenvalue weighted by Gasteiger charge is -2.18. The molecule has 0 fully saturated rings. The van der Waals surface area contributed by atoms with Gasteiger partial charge in [0.05, 0.1) is 17.3 Å². The van der Waals surface area contributed by atoms with E-state index in [2.05, 4.69) is 0 Å². The van der Waals surface area contributed by atoms with Crippen molar-refractivity contribution in [3.63, 3.8) is 0 Å². The highest BCUT2D eigenvalue weighted by Gasteiger charge is 2.25. The number of anilines is 1. The van der Waals surface area contributed by atoms with Crippen molar-refractivity contribution in [2.45, 2.75) is 39.2 Å². The average molecular weight is 410 g/mol. The molecule has 0 radical (unpaired) electrons. The first kappa shape index (κ1) is 23.2. The normalized spacial score (nSPS) is 12.7. The van der Waals surface area contributed by atoms with E-state index in [4.69, 9.17) is 17.2 Å². The Morgan fingerprint density at radius 2 is 1.73 bits per heavy atom. The molecule has 0 heterocycles. The van der Waals surface area contributed by atoms with Crippen LogP contribution in [0, 0.1) is 0 Å². The number of ketones is 1. The molecule has 0 spiro atoms. The lowest BCUT2D eigenvalue weighted by atomic mass is 9.90. The van der Waals surface area contributed by atoms with Gasteiger partial charge in [-0.15, -0.1) is 0 Å². The Bertz CT molecular complexity index is 965. The zero-order valence-corrected chi connectivity index (χ0v) is 17.6. The third-order valence-electron chi connectivity index (χ3n) is 4.96. The molecule has 160 valence electrons. The minimum Gasteiger partial charge on any atom is -0.507 e. The van der Waals surface area contributed by atoms with Gasteiger partial charge in [-0.1, -0.05) is 36.8 Å². The van der Waals surface area contributed by atoms with Gasteiger partial charge in [0.25, 0.3) is 0 Å². The molecule has 2 aromatic rings. The average Bonchev–Trinajstić information content (AvgIpc) is 2.72. The van der Waals surface area contributed by atoms with Crippen LogP contribution in [0.15, 0.2) is 36.4 Å². The number of phenolic OH excluding ortho intramolecular Hbond substituents is 2. The molecule has 0 bridgehead atoms. The number of aromatic hydroxyl groups is 2. The maximum atomic E-state index is 13.1. The lowest BCUT2D eigenvalue weighted by molar-refractivity contribution is 0.0954. The molecule has 1 atom stereocenters. The summed E-state index contributed by atoms with van der Waals surface area (Å²) in [5.74, 6) is -0.488. The first-order valence-corrected chi connectivity index (χ1v) is 10.1. The predicted molar refractivity (Wildman–Crippen MR) is 124 cm³/mol. The fourth-order valence-corrected chi connectivity index (χ4v) is 3.36. The van der Waals surface area contributed by atoms with E-state index >= 15 is 0 Å². The van der Waals surface area contributed by atoms with Gasteiger partial charge in [0, 0.05) is 11.1 Å². The van der Waals surface area contributed by atoms with Crippen molar-refractivity contribution in [2.75, 3.05) is 12.3 Å². The van der Waals surface area contributed by atoms with Crippen LogP contribution in [0.1, 0.15) is 54.6 Å². The van der Waals surface area contributed by atoms with Crippen LogP contribution in [0.3, 0.4) is 0 Å². The van der Waals surface area contributed by atoms with E-state index in [0.29, 0.717) is 35.2 Å². The summed E-state index contributed by atoms with van der Waals surface area (Å²) in [6.45, 7) is 4.22. The number of rotatable bonds is 9. The Morgan fingerprint density at radius 1 is 1.07 bits per heavy atom. The third kappa shape index (κ3) is 5.09. The number of hydrogen-bond acceptors (Lipinski definition) is 6. The standard InChI is InChI=1S/C24H31N3O3/c1-3-7-16-13-15(10-11-20(16)28)18-14-17(8-4-2)22(27)21(23(18)29)24(30)19(26)9-5-6-12-25/h3-4,7-8,10-11,13-14,19,28-29H,5-6,9,12,25-27H2,1-2H3/t19-/m0/s1. The summed E-state index contributed by atoms with van der Waals surface area (Å²) in [6, 6.07) is 5.93. The van der Waals surface area contributed by atoms with Gasteiger partial charge in [-0.2, -0.15) is 0 Å². The number of carbonyl (C=O) groups excluding carboxylic acids is 1. The molecule has 6 heteroatoms. The Kier molecular flexibility index (Phi) is 8.21. The van der Waals surface area contributed by atoms with E-state index < -0.39 is 11.8 Å². The molecule has 30 heavy (non-hydrogen) atoms. The van der Waals surface area contributed by atoms with Crippen molar-refractivity contribution in [2.24, 2.45) is 11.5 Å². The molecule has 6 nitrogen and oxygen atoms in total. The SMILES string of the molecule is CC=Cc1cc(-c2cc(C=CC)c(N)c(C(=O)[C@@H](N)CCCCN)c2O)ccc1O. The minimum atomic E-state index is -0.781. The fraction of sp³-hybridized carbons (Fsp3) is 0.292. The molecule has 0 aliphatic heterocycles. The van der Waals surface area contributed by atoms with Crippen molar-refractivity contribution in [3.8, 4) is 22.6 Å². The summed E-state index contributed by atoms with van der Waals surface area (Å²) in [4.78, 5) is 13.1. The van der Waals surface area contributed by atoms with Gasteiger partial charge in [-0.3, -0.25) is 4.79 Å². The number of benzene rings is 2. The number of phenols is 2. The number of hydrogen-bond donors (Lipinski definition) is 5. The van der Waals surface area contributed by atoms with E-state index in [9.17, 15) is 15.0 Å². The number of allylic oxidation sites excluding steroid dienone is 2. The van der Waals surface area contributed by atoms with Crippen LogP contribution in [-0.4, -0.2) is 28.6 Å². The Morgan fingerprint density at radius 3 is 2.37 bits per heavy atom. The van der Waals surface area contributed by atoms with Crippen molar-refractivity contribution in [1.82, 2.24) is 0 Å². The molecule has 0 aliphatic rings. The van der Waals surface area contributed by atoms with Gasteiger partial charge in [0.2, 0.25) is 0 Å². The predicted octanol–water partition coefficient (Wildman–Crippen LogP) is 4.05. The van der Waals surface area contributed by atoms with Crippen molar-refractivity contribution in [1.29, 1.82) is 0 Å². The topological polar surface area (TPSA) is 136 Å².